The van der Waals surface area contributed by atoms with Crippen molar-refractivity contribution in [1.82, 2.24) is 4.90 Å². The van der Waals surface area contributed by atoms with Crippen LogP contribution in [0.2, 0.25) is 0 Å². The molecule has 2 heterocycles. The molecule has 3 rings (SSSR count). The molecule has 0 radical (unpaired) electrons. The number of piperazine rings is 1. The predicted molar refractivity (Wildman–Crippen MR) is 84.8 cm³/mol. The third kappa shape index (κ3) is 3.31. The molecule has 116 valence electrons. The molecule has 0 atom stereocenters. The molecule has 1 aromatic heterocycles. The second-order valence-corrected chi connectivity index (χ2v) is 5.40. The zero-order chi connectivity index (χ0) is 15.4. The molecule has 0 bridgehead atoms. The van der Waals surface area contributed by atoms with E-state index < -0.39 is 0 Å². The summed E-state index contributed by atoms with van der Waals surface area (Å²) in [4.78, 5) is 15.8. The smallest absolute Gasteiger partial charge is 0.319 e. The molecule has 1 saturated heterocycles. The summed E-state index contributed by atoms with van der Waals surface area (Å²) < 4.78 is 9.87. The van der Waals surface area contributed by atoms with Crippen LogP contribution in [0.4, 0.5) is 5.69 Å². The van der Waals surface area contributed by atoms with Crippen LogP contribution in [-0.2, 0) is 9.53 Å². The number of rotatable bonds is 4. The second kappa shape index (κ2) is 6.66. The SMILES string of the molecule is COC(=O)CN1CCN(c2cccc(-c3ccoc3)c2)CC1. The van der Waals surface area contributed by atoms with Gasteiger partial charge >= 0.3 is 5.97 Å². The van der Waals surface area contributed by atoms with Crippen molar-refractivity contribution < 1.29 is 13.9 Å². The van der Waals surface area contributed by atoms with E-state index in [0.29, 0.717) is 6.54 Å². The van der Waals surface area contributed by atoms with Crippen molar-refractivity contribution in [3.8, 4) is 11.1 Å². The van der Waals surface area contributed by atoms with Gasteiger partial charge in [0.15, 0.2) is 0 Å². The number of benzene rings is 1. The number of carbonyl (C=O) groups excluding carboxylic acids is 1. The Morgan fingerprint density at radius 3 is 2.68 bits per heavy atom. The molecule has 0 unspecified atom stereocenters. The minimum Gasteiger partial charge on any atom is -0.472 e. The summed E-state index contributed by atoms with van der Waals surface area (Å²) in [5.74, 6) is -0.171. The minimum atomic E-state index is -0.171. The van der Waals surface area contributed by atoms with E-state index in [4.69, 9.17) is 9.15 Å². The maximum atomic E-state index is 11.3. The highest BCUT2D eigenvalue weighted by atomic mass is 16.5. The van der Waals surface area contributed by atoms with Gasteiger partial charge in [0, 0.05) is 37.4 Å². The lowest BCUT2D eigenvalue weighted by atomic mass is 10.1. The molecule has 1 fully saturated rings. The largest absolute Gasteiger partial charge is 0.472 e. The van der Waals surface area contributed by atoms with Gasteiger partial charge in [-0.3, -0.25) is 9.69 Å². The van der Waals surface area contributed by atoms with Gasteiger partial charge in [0.25, 0.3) is 0 Å². The van der Waals surface area contributed by atoms with Crippen LogP contribution in [-0.4, -0.2) is 50.7 Å². The quantitative estimate of drug-likeness (QED) is 0.810. The van der Waals surface area contributed by atoms with Crippen LogP contribution < -0.4 is 4.90 Å². The van der Waals surface area contributed by atoms with Crippen LogP contribution in [0.15, 0.2) is 47.3 Å². The van der Waals surface area contributed by atoms with Crippen LogP contribution in [0.3, 0.4) is 0 Å². The predicted octanol–water partition coefficient (Wildman–Crippen LogP) is 2.24. The molecule has 0 aliphatic carbocycles. The Hall–Kier alpha value is -2.27. The summed E-state index contributed by atoms with van der Waals surface area (Å²) in [5.41, 5.74) is 3.45. The van der Waals surface area contributed by atoms with Gasteiger partial charge in [-0.15, -0.1) is 0 Å². The average Bonchev–Trinajstić information content (AvgIpc) is 3.10. The van der Waals surface area contributed by atoms with E-state index in [9.17, 15) is 4.79 Å². The van der Waals surface area contributed by atoms with Crippen LogP contribution in [0.5, 0.6) is 0 Å². The van der Waals surface area contributed by atoms with E-state index in [1.165, 1.54) is 12.8 Å². The van der Waals surface area contributed by atoms with Crippen molar-refractivity contribution in [1.29, 1.82) is 0 Å². The number of nitrogens with zero attached hydrogens (tertiary/aromatic N) is 2. The molecule has 5 nitrogen and oxygen atoms in total. The van der Waals surface area contributed by atoms with Gasteiger partial charge in [-0.05, 0) is 23.8 Å². The molecule has 0 amide bonds. The zero-order valence-corrected chi connectivity index (χ0v) is 12.7. The number of ether oxygens (including phenoxy) is 1. The Labute approximate surface area is 130 Å². The number of hydrogen-bond donors (Lipinski definition) is 0. The lowest BCUT2D eigenvalue weighted by Gasteiger charge is -2.35. The topological polar surface area (TPSA) is 45.9 Å². The highest BCUT2D eigenvalue weighted by Gasteiger charge is 2.19. The van der Waals surface area contributed by atoms with Gasteiger partial charge in [0.1, 0.15) is 0 Å². The van der Waals surface area contributed by atoms with E-state index in [2.05, 4.69) is 34.1 Å². The lowest BCUT2D eigenvalue weighted by Crippen LogP contribution is -2.48. The molecular weight excluding hydrogens is 280 g/mol. The van der Waals surface area contributed by atoms with Crippen LogP contribution in [0, 0.1) is 0 Å². The first-order valence-electron chi connectivity index (χ1n) is 7.43. The van der Waals surface area contributed by atoms with Gasteiger partial charge in [0.05, 0.1) is 26.2 Å². The fourth-order valence-corrected chi connectivity index (χ4v) is 2.72. The van der Waals surface area contributed by atoms with Gasteiger partial charge in [0.2, 0.25) is 0 Å². The number of methoxy groups -OCH3 is 1. The molecular formula is C17H20N2O3. The number of hydrogen-bond acceptors (Lipinski definition) is 5. The van der Waals surface area contributed by atoms with Gasteiger partial charge in [-0.1, -0.05) is 12.1 Å². The number of carbonyl (C=O) groups is 1. The highest BCUT2D eigenvalue weighted by Crippen LogP contribution is 2.25. The lowest BCUT2D eigenvalue weighted by molar-refractivity contribution is -0.142. The summed E-state index contributed by atoms with van der Waals surface area (Å²) in [6.45, 7) is 3.92. The molecule has 1 aliphatic heterocycles. The summed E-state index contributed by atoms with van der Waals surface area (Å²) in [5, 5.41) is 0. The first-order valence-corrected chi connectivity index (χ1v) is 7.43. The number of furan rings is 1. The monoisotopic (exact) mass is 300 g/mol. The van der Waals surface area contributed by atoms with Crippen LogP contribution in [0.1, 0.15) is 0 Å². The fourth-order valence-electron chi connectivity index (χ4n) is 2.72. The molecule has 22 heavy (non-hydrogen) atoms. The molecule has 1 aromatic carbocycles. The molecule has 5 heteroatoms. The summed E-state index contributed by atoms with van der Waals surface area (Å²) >= 11 is 0. The molecule has 0 saturated carbocycles. The van der Waals surface area contributed by atoms with Gasteiger partial charge < -0.3 is 14.1 Å². The van der Waals surface area contributed by atoms with E-state index in [1.54, 1.807) is 12.5 Å². The van der Waals surface area contributed by atoms with E-state index >= 15 is 0 Å². The van der Waals surface area contributed by atoms with Crippen molar-refractivity contribution in [3.63, 3.8) is 0 Å². The van der Waals surface area contributed by atoms with Gasteiger partial charge in [-0.2, -0.15) is 0 Å². The van der Waals surface area contributed by atoms with Crippen LogP contribution in [0.25, 0.3) is 11.1 Å². The molecule has 1 aliphatic rings. The zero-order valence-electron chi connectivity index (χ0n) is 12.7. The molecule has 0 spiro atoms. The van der Waals surface area contributed by atoms with E-state index in [0.717, 1.165) is 37.3 Å². The third-order valence-electron chi connectivity index (χ3n) is 4.02. The van der Waals surface area contributed by atoms with Gasteiger partial charge in [-0.25, -0.2) is 0 Å². The second-order valence-electron chi connectivity index (χ2n) is 5.40. The Bertz CT molecular complexity index is 617. The Morgan fingerprint density at radius 2 is 2.00 bits per heavy atom. The van der Waals surface area contributed by atoms with Crippen molar-refractivity contribution in [2.45, 2.75) is 0 Å². The average molecular weight is 300 g/mol. The Morgan fingerprint density at radius 1 is 1.18 bits per heavy atom. The number of anilines is 1. The number of esters is 1. The highest BCUT2D eigenvalue weighted by molar-refractivity contribution is 5.71. The van der Waals surface area contributed by atoms with E-state index in [1.807, 2.05) is 6.07 Å². The van der Waals surface area contributed by atoms with Crippen molar-refractivity contribution in [2.75, 3.05) is 44.7 Å². The minimum absolute atomic E-state index is 0.171. The summed E-state index contributed by atoms with van der Waals surface area (Å²) in [6.07, 6.45) is 3.45. The van der Waals surface area contributed by atoms with E-state index in [-0.39, 0.29) is 5.97 Å². The standard InChI is InChI=1S/C17H20N2O3/c1-21-17(20)12-18-6-8-19(9-7-18)16-4-2-3-14(11-16)15-5-10-22-13-15/h2-5,10-11,13H,6-9,12H2,1H3. The Balaban J connectivity index is 1.64. The maximum Gasteiger partial charge on any atom is 0.319 e. The van der Waals surface area contributed by atoms with Crippen molar-refractivity contribution in [2.24, 2.45) is 0 Å². The first-order chi connectivity index (χ1) is 10.8. The summed E-state index contributed by atoms with van der Waals surface area (Å²) in [7, 11) is 1.43. The third-order valence-corrected chi connectivity index (χ3v) is 4.02. The normalized spacial score (nSPS) is 15.8. The first kappa shape index (κ1) is 14.7. The fraction of sp³-hybridized carbons (Fsp3) is 0.353. The van der Waals surface area contributed by atoms with Crippen molar-refractivity contribution >= 4 is 11.7 Å². The maximum absolute atomic E-state index is 11.3. The Kier molecular flexibility index (Phi) is 4.44. The molecule has 0 N–H and O–H groups in total. The van der Waals surface area contributed by atoms with Crippen molar-refractivity contribution in [3.05, 3.63) is 42.9 Å². The molecule has 2 aromatic rings. The summed E-state index contributed by atoms with van der Waals surface area (Å²) in [6, 6.07) is 10.4. The van der Waals surface area contributed by atoms with Crippen LogP contribution >= 0.6 is 0 Å².